The number of nitrogens with one attached hydrogen (secondary N) is 2. The lowest BCUT2D eigenvalue weighted by Gasteiger charge is -2.11. The summed E-state index contributed by atoms with van der Waals surface area (Å²) in [6.07, 6.45) is 1.55. The van der Waals surface area contributed by atoms with Crippen LogP contribution in [0, 0.1) is 0 Å². The van der Waals surface area contributed by atoms with Gasteiger partial charge in [0.2, 0.25) is 11.8 Å². The molecule has 146 valence electrons. The van der Waals surface area contributed by atoms with Crippen LogP contribution in [-0.4, -0.2) is 22.9 Å². The number of amides is 2. The molecule has 2 aromatic heterocycles. The van der Waals surface area contributed by atoms with Crippen LogP contribution >= 0.6 is 0 Å². The van der Waals surface area contributed by atoms with Crippen molar-refractivity contribution in [2.75, 3.05) is 6.54 Å². The van der Waals surface area contributed by atoms with Crippen molar-refractivity contribution in [3.05, 3.63) is 84.8 Å². The number of fused-ring (bicyclic) bond motifs is 1. The van der Waals surface area contributed by atoms with Gasteiger partial charge >= 0.3 is 0 Å². The molecule has 0 bridgehead atoms. The minimum atomic E-state index is -0.268. The molecule has 0 saturated carbocycles. The van der Waals surface area contributed by atoms with Gasteiger partial charge < -0.3 is 19.6 Å². The molecular formula is C23H21N3O3. The van der Waals surface area contributed by atoms with Crippen molar-refractivity contribution in [2.24, 2.45) is 0 Å². The minimum absolute atomic E-state index is 0.0839. The quantitative estimate of drug-likeness (QED) is 0.511. The largest absolute Gasteiger partial charge is 0.467 e. The number of hydrogen-bond donors (Lipinski definition) is 2. The van der Waals surface area contributed by atoms with Gasteiger partial charge in [-0.3, -0.25) is 9.59 Å². The van der Waals surface area contributed by atoms with E-state index in [0.717, 1.165) is 22.2 Å². The van der Waals surface area contributed by atoms with Crippen LogP contribution in [0.15, 0.2) is 83.5 Å². The Morgan fingerprint density at radius 2 is 1.66 bits per heavy atom. The summed E-state index contributed by atoms with van der Waals surface area (Å²) in [5, 5.41) is 6.47. The summed E-state index contributed by atoms with van der Waals surface area (Å²) in [6.45, 7) is 0.338. The lowest BCUT2D eigenvalue weighted by atomic mass is 10.1. The van der Waals surface area contributed by atoms with Crippen LogP contribution in [0.1, 0.15) is 5.76 Å². The Kier molecular flexibility index (Phi) is 5.42. The summed E-state index contributed by atoms with van der Waals surface area (Å²) in [6, 6.07) is 23.5. The van der Waals surface area contributed by atoms with E-state index in [4.69, 9.17) is 4.42 Å². The van der Waals surface area contributed by atoms with E-state index in [2.05, 4.69) is 16.7 Å². The first kappa shape index (κ1) is 18.6. The molecule has 29 heavy (non-hydrogen) atoms. The molecule has 2 aromatic carbocycles. The lowest BCUT2D eigenvalue weighted by Crippen LogP contribution is -2.38. The molecule has 2 amide bonds. The summed E-state index contributed by atoms with van der Waals surface area (Å²) >= 11 is 0. The maximum Gasteiger partial charge on any atom is 0.240 e. The Morgan fingerprint density at radius 3 is 2.45 bits per heavy atom. The number of nitrogens with zero attached hydrogens (tertiary/aromatic N) is 1. The Labute approximate surface area is 168 Å². The van der Waals surface area contributed by atoms with Gasteiger partial charge in [-0.2, -0.15) is 0 Å². The fourth-order valence-corrected chi connectivity index (χ4v) is 3.27. The average molecular weight is 387 g/mol. The van der Waals surface area contributed by atoms with E-state index in [0.29, 0.717) is 12.3 Å². The van der Waals surface area contributed by atoms with Crippen molar-refractivity contribution in [2.45, 2.75) is 13.1 Å². The third-order valence-electron chi connectivity index (χ3n) is 4.67. The van der Waals surface area contributed by atoms with Gasteiger partial charge in [0.25, 0.3) is 0 Å². The van der Waals surface area contributed by atoms with Crippen LogP contribution in [-0.2, 0) is 22.7 Å². The molecular weight excluding hydrogens is 366 g/mol. The van der Waals surface area contributed by atoms with Crippen molar-refractivity contribution in [3.63, 3.8) is 0 Å². The van der Waals surface area contributed by atoms with Crippen molar-refractivity contribution in [3.8, 4) is 11.3 Å². The fraction of sp³-hybridized carbons (Fsp3) is 0.130. The topological polar surface area (TPSA) is 76.3 Å². The molecule has 0 fully saturated rings. The predicted molar refractivity (Wildman–Crippen MR) is 111 cm³/mol. The molecule has 4 rings (SSSR count). The number of aromatic nitrogens is 1. The zero-order chi connectivity index (χ0) is 20.1. The van der Waals surface area contributed by atoms with Gasteiger partial charge in [-0.05, 0) is 29.8 Å². The molecule has 4 aromatic rings. The highest BCUT2D eigenvalue weighted by molar-refractivity contribution is 5.90. The van der Waals surface area contributed by atoms with Gasteiger partial charge in [0, 0.05) is 16.6 Å². The van der Waals surface area contributed by atoms with Crippen molar-refractivity contribution < 1.29 is 14.0 Å². The van der Waals surface area contributed by atoms with E-state index in [9.17, 15) is 9.59 Å². The van der Waals surface area contributed by atoms with Crippen molar-refractivity contribution in [1.29, 1.82) is 0 Å². The highest BCUT2D eigenvalue weighted by atomic mass is 16.3. The minimum Gasteiger partial charge on any atom is -0.467 e. The van der Waals surface area contributed by atoms with E-state index in [1.54, 1.807) is 18.4 Å². The van der Waals surface area contributed by atoms with Crippen molar-refractivity contribution in [1.82, 2.24) is 15.2 Å². The Balaban J connectivity index is 1.44. The smallest absolute Gasteiger partial charge is 0.240 e. The number of furan rings is 1. The van der Waals surface area contributed by atoms with E-state index < -0.39 is 0 Å². The van der Waals surface area contributed by atoms with Crippen LogP contribution in [0.3, 0.4) is 0 Å². The maximum atomic E-state index is 12.5. The average Bonchev–Trinajstić information content (AvgIpc) is 3.40. The van der Waals surface area contributed by atoms with Crippen molar-refractivity contribution >= 4 is 22.7 Å². The maximum absolute atomic E-state index is 12.5. The van der Waals surface area contributed by atoms with E-state index in [1.807, 2.05) is 59.2 Å². The zero-order valence-electron chi connectivity index (χ0n) is 15.8. The highest BCUT2D eigenvalue weighted by Gasteiger charge is 2.14. The molecule has 0 radical (unpaired) electrons. The molecule has 6 nitrogen and oxygen atoms in total. The standard InChI is InChI=1S/C23H21N3O3/c27-22(24-14-19-10-6-12-29-19)15-25-23(28)16-26-20-11-5-4-9-18(20)13-21(26)17-7-2-1-3-8-17/h1-13H,14-16H2,(H,24,27)(H,25,28). The highest BCUT2D eigenvalue weighted by Crippen LogP contribution is 2.28. The van der Waals surface area contributed by atoms with Gasteiger partial charge in [0.1, 0.15) is 12.3 Å². The summed E-state index contributed by atoms with van der Waals surface area (Å²) < 4.78 is 7.14. The molecule has 0 aliphatic carbocycles. The Hall–Kier alpha value is -3.80. The second-order valence-electron chi connectivity index (χ2n) is 6.67. The summed E-state index contributed by atoms with van der Waals surface area (Å²) in [4.78, 5) is 24.5. The van der Waals surface area contributed by atoms with Crippen LogP contribution in [0.2, 0.25) is 0 Å². The van der Waals surface area contributed by atoms with Gasteiger partial charge in [-0.25, -0.2) is 0 Å². The van der Waals surface area contributed by atoms with Crippen LogP contribution in [0.4, 0.5) is 0 Å². The lowest BCUT2D eigenvalue weighted by molar-refractivity contribution is -0.126. The number of benzene rings is 2. The first-order chi connectivity index (χ1) is 14.2. The molecule has 2 heterocycles. The van der Waals surface area contributed by atoms with Gasteiger partial charge in [-0.1, -0.05) is 48.5 Å². The molecule has 0 unspecified atom stereocenters. The number of hydrogen-bond acceptors (Lipinski definition) is 3. The third-order valence-corrected chi connectivity index (χ3v) is 4.67. The molecule has 0 spiro atoms. The molecule has 0 saturated heterocycles. The predicted octanol–water partition coefficient (Wildman–Crippen LogP) is 3.33. The number of carbonyl (C=O) groups excluding carboxylic acids is 2. The molecule has 0 aliphatic rings. The first-order valence-corrected chi connectivity index (χ1v) is 9.40. The van der Waals surface area contributed by atoms with E-state index in [-0.39, 0.29) is 24.9 Å². The van der Waals surface area contributed by atoms with Gasteiger partial charge in [0.15, 0.2) is 0 Å². The van der Waals surface area contributed by atoms with E-state index >= 15 is 0 Å². The molecule has 0 atom stereocenters. The zero-order valence-corrected chi connectivity index (χ0v) is 15.8. The Morgan fingerprint density at radius 1 is 0.862 bits per heavy atom. The van der Waals surface area contributed by atoms with Crippen LogP contribution in [0.5, 0.6) is 0 Å². The second kappa shape index (κ2) is 8.48. The summed E-state index contributed by atoms with van der Waals surface area (Å²) in [5.74, 6) is 0.170. The van der Waals surface area contributed by atoms with Crippen LogP contribution in [0.25, 0.3) is 22.2 Å². The first-order valence-electron chi connectivity index (χ1n) is 9.40. The fourth-order valence-electron chi connectivity index (χ4n) is 3.27. The number of rotatable bonds is 7. The summed E-state index contributed by atoms with van der Waals surface area (Å²) in [7, 11) is 0. The molecule has 2 N–H and O–H groups in total. The second-order valence-corrected chi connectivity index (χ2v) is 6.67. The SMILES string of the molecule is O=C(CNC(=O)Cn1c(-c2ccccc2)cc2ccccc21)NCc1ccco1. The van der Waals surface area contributed by atoms with Crippen LogP contribution < -0.4 is 10.6 Å². The molecule has 0 aliphatic heterocycles. The number of carbonyl (C=O) groups is 2. The third kappa shape index (κ3) is 4.38. The number of para-hydroxylation sites is 1. The molecule has 6 heteroatoms. The monoisotopic (exact) mass is 387 g/mol. The van der Waals surface area contributed by atoms with Gasteiger partial charge in [-0.15, -0.1) is 0 Å². The van der Waals surface area contributed by atoms with E-state index in [1.165, 1.54) is 0 Å². The normalized spacial score (nSPS) is 10.8. The summed E-state index contributed by atoms with van der Waals surface area (Å²) in [5.41, 5.74) is 2.97. The Bertz CT molecular complexity index is 1110. The van der Waals surface area contributed by atoms with Gasteiger partial charge in [0.05, 0.1) is 19.4 Å².